The Morgan fingerprint density at radius 3 is 2.24 bits per heavy atom. The molecule has 1 heterocycles. The molecule has 1 fully saturated rings. The predicted octanol–water partition coefficient (Wildman–Crippen LogP) is 2.61. The molecule has 0 saturated carbocycles. The Balaban J connectivity index is 2.83. The number of amides is 1. The van der Waals surface area contributed by atoms with Gasteiger partial charge in [0.25, 0.3) is 0 Å². The third kappa shape index (κ3) is 3.21. The summed E-state index contributed by atoms with van der Waals surface area (Å²) >= 11 is 0. The van der Waals surface area contributed by atoms with Crippen LogP contribution in [0, 0.1) is 11.8 Å². The first-order valence-corrected chi connectivity index (χ1v) is 6.96. The van der Waals surface area contributed by atoms with E-state index in [1.807, 2.05) is 0 Å². The largest absolute Gasteiger partial charge is 0.323 e. The van der Waals surface area contributed by atoms with Crippen LogP contribution in [0.3, 0.4) is 0 Å². The minimum absolute atomic E-state index is 0.00718. The molecule has 3 heteroatoms. The number of carbonyl (C=O) groups excluding carboxylic acids is 1. The lowest BCUT2D eigenvalue weighted by Gasteiger charge is -2.30. The Bertz CT molecular complexity index is 263. The number of nitrogens with one attached hydrogen (secondary N) is 1. The molecule has 0 radical (unpaired) electrons. The maximum atomic E-state index is 12.4. The normalized spacial score (nSPS) is 27.3. The third-order valence-electron chi connectivity index (χ3n) is 3.66. The molecule has 3 atom stereocenters. The minimum Gasteiger partial charge on any atom is -0.323 e. The van der Waals surface area contributed by atoms with Gasteiger partial charge in [0, 0.05) is 6.04 Å². The van der Waals surface area contributed by atoms with E-state index < -0.39 is 0 Å². The van der Waals surface area contributed by atoms with Gasteiger partial charge in [-0.15, -0.1) is 0 Å². The molecule has 0 bridgehead atoms. The molecule has 17 heavy (non-hydrogen) atoms. The van der Waals surface area contributed by atoms with Crippen LogP contribution >= 0.6 is 0 Å². The Morgan fingerprint density at radius 1 is 1.24 bits per heavy atom. The highest BCUT2D eigenvalue weighted by molar-refractivity contribution is 5.84. The van der Waals surface area contributed by atoms with Crippen LogP contribution < -0.4 is 5.32 Å². The molecule has 1 aliphatic rings. The highest BCUT2D eigenvalue weighted by Gasteiger charge is 2.41. The highest BCUT2D eigenvalue weighted by Crippen LogP contribution is 2.24. The van der Waals surface area contributed by atoms with Crippen molar-refractivity contribution in [1.29, 1.82) is 0 Å². The molecule has 0 aromatic heterocycles. The molecule has 0 aliphatic carbocycles. The summed E-state index contributed by atoms with van der Waals surface area (Å²) in [4.78, 5) is 14.5. The van der Waals surface area contributed by atoms with Crippen LogP contribution in [-0.4, -0.2) is 29.1 Å². The van der Waals surface area contributed by atoms with Gasteiger partial charge in [-0.05, 0) is 31.6 Å². The van der Waals surface area contributed by atoms with Crippen LogP contribution in [0.5, 0.6) is 0 Å². The zero-order valence-corrected chi connectivity index (χ0v) is 12.2. The van der Waals surface area contributed by atoms with Gasteiger partial charge in [-0.1, -0.05) is 34.6 Å². The van der Waals surface area contributed by atoms with Crippen molar-refractivity contribution >= 4 is 5.91 Å². The first kappa shape index (κ1) is 14.5. The molecule has 0 aromatic carbocycles. The zero-order valence-electron chi connectivity index (χ0n) is 12.2. The average molecular weight is 240 g/mol. The number of carbonyl (C=O) groups is 1. The average Bonchev–Trinajstić information content (AvgIpc) is 2.54. The van der Waals surface area contributed by atoms with Gasteiger partial charge in [0.1, 0.15) is 0 Å². The van der Waals surface area contributed by atoms with Crippen molar-refractivity contribution < 1.29 is 4.79 Å². The van der Waals surface area contributed by atoms with Crippen molar-refractivity contribution in [3.8, 4) is 0 Å². The fourth-order valence-electron chi connectivity index (χ4n) is 2.50. The summed E-state index contributed by atoms with van der Waals surface area (Å²) in [5, 5.41) is 3.51. The quantitative estimate of drug-likeness (QED) is 0.801. The summed E-state index contributed by atoms with van der Waals surface area (Å²) in [5.74, 6) is 1.27. The monoisotopic (exact) mass is 240 g/mol. The zero-order chi connectivity index (χ0) is 13.2. The topological polar surface area (TPSA) is 32.3 Å². The minimum atomic E-state index is 0.00718. The van der Waals surface area contributed by atoms with Crippen molar-refractivity contribution in [2.75, 3.05) is 0 Å². The summed E-state index contributed by atoms with van der Waals surface area (Å²) in [5.41, 5.74) is 0. The maximum Gasteiger partial charge on any atom is 0.241 e. The van der Waals surface area contributed by atoms with Crippen LogP contribution in [0.2, 0.25) is 0 Å². The van der Waals surface area contributed by atoms with E-state index in [4.69, 9.17) is 0 Å². The fraction of sp³-hybridized carbons (Fsp3) is 0.929. The molecule has 3 nitrogen and oxygen atoms in total. The van der Waals surface area contributed by atoms with Gasteiger partial charge in [0.2, 0.25) is 5.91 Å². The van der Waals surface area contributed by atoms with Crippen molar-refractivity contribution in [2.45, 2.75) is 72.6 Å². The number of hydrogen-bond donors (Lipinski definition) is 1. The second-order valence-corrected chi connectivity index (χ2v) is 6.04. The first-order chi connectivity index (χ1) is 7.88. The molecule has 1 rings (SSSR count). The van der Waals surface area contributed by atoms with E-state index in [2.05, 4.69) is 51.8 Å². The third-order valence-corrected chi connectivity index (χ3v) is 3.66. The lowest BCUT2D eigenvalue weighted by Crippen LogP contribution is -2.43. The van der Waals surface area contributed by atoms with Crippen LogP contribution in [0.1, 0.15) is 54.4 Å². The summed E-state index contributed by atoms with van der Waals surface area (Å²) < 4.78 is 0. The Labute approximate surface area is 106 Å². The van der Waals surface area contributed by atoms with Crippen LogP contribution in [-0.2, 0) is 4.79 Å². The van der Waals surface area contributed by atoms with E-state index in [-0.39, 0.29) is 12.2 Å². The standard InChI is InChI=1S/C14H28N2O/c1-7-11(6)16-12(8-9(2)3)15-13(10(4)5)14(16)17/h9-13,15H,7-8H2,1-6H3. The Hall–Kier alpha value is -0.570. The summed E-state index contributed by atoms with van der Waals surface area (Å²) in [6, 6.07) is 0.343. The summed E-state index contributed by atoms with van der Waals surface area (Å²) in [7, 11) is 0. The molecule has 0 aromatic rings. The second kappa shape index (κ2) is 5.85. The van der Waals surface area contributed by atoms with Crippen LogP contribution in [0.25, 0.3) is 0 Å². The van der Waals surface area contributed by atoms with Crippen molar-refractivity contribution in [3.63, 3.8) is 0 Å². The van der Waals surface area contributed by atoms with Crippen molar-refractivity contribution in [1.82, 2.24) is 10.2 Å². The Kier molecular flexibility index (Phi) is 4.99. The van der Waals surface area contributed by atoms with Gasteiger partial charge in [-0.3, -0.25) is 10.1 Å². The van der Waals surface area contributed by atoms with E-state index in [0.29, 0.717) is 23.8 Å². The van der Waals surface area contributed by atoms with Gasteiger partial charge < -0.3 is 4.90 Å². The van der Waals surface area contributed by atoms with E-state index in [0.717, 1.165) is 12.8 Å². The molecule has 1 N–H and O–H groups in total. The lowest BCUT2D eigenvalue weighted by molar-refractivity contribution is -0.132. The highest BCUT2D eigenvalue weighted by atomic mass is 16.2. The predicted molar refractivity (Wildman–Crippen MR) is 71.6 cm³/mol. The molecular weight excluding hydrogens is 212 g/mol. The van der Waals surface area contributed by atoms with Gasteiger partial charge in [0.05, 0.1) is 12.2 Å². The smallest absolute Gasteiger partial charge is 0.241 e. The van der Waals surface area contributed by atoms with Gasteiger partial charge in [-0.25, -0.2) is 0 Å². The van der Waals surface area contributed by atoms with E-state index in [1.165, 1.54) is 0 Å². The Morgan fingerprint density at radius 2 is 1.82 bits per heavy atom. The van der Waals surface area contributed by atoms with Gasteiger partial charge >= 0.3 is 0 Å². The lowest BCUT2D eigenvalue weighted by atomic mass is 10.0. The van der Waals surface area contributed by atoms with E-state index >= 15 is 0 Å². The van der Waals surface area contributed by atoms with Crippen LogP contribution in [0.15, 0.2) is 0 Å². The number of nitrogens with zero attached hydrogens (tertiary/aromatic N) is 1. The molecular formula is C14H28N2O. The van der Waals surface area contributed by atoms with Crippen molar-refractivity contribution in [2.24, 2.45) is 11.8 Å². The maximum absolute atomic E-state index is 12.4. The molecule has 1 saturated heterocycles. The molecule has 3 unspecified atom stereocenters. The fourth-order valence-corrected chi connectivity index (χ4v) is 2.50. The molecule has 1 aliphatic heterocycles. The number of hydrogen-bond acceptors (Lipinski definition) is 2. The first-order valence-electron chi connectivity index (χ1n) is 6.96. The molecule has 1 amide bonds. The second-order valence-electron chi connectivity index (χ2n) is 6.04. The van der Waals surface area contributed by atoms with Gasteiger partial charge in [0.15, 0.2) is 0 Å². The van der Waals surface area contributed by atoms with Crippen LogP contribution in [0.4, 0.5) is 0 Å². The summed E-state index contributed by atoms with van der Waals surface area (Å²) in [6.07, 6.45) is 2.29. The van der Waals surface area contributed by atoms with Gasteiger partial charge in [-0.2, -0.15) is 0 Å². The molecule has 0 spiro atoms. The van der Waals surface area contributed by atoms with E-state index in [1.54, 1.807) is 0 Å². The van der Waals surface area contributed by atoms with E-state index in [9.17, 15) is 4.79 Å². The number of rotatable bonds is 5. The molecule has 100 valence electrons. The SMILES string of the molecule is CCC(C)N1C(=O)C(C(C)C)NC1CC(C)C. The summed E-state index contributed by atoms with van der Waals surface area (Å²) in [6.45, 7) is 12.9. The van der Waals surface area contributed by atoms with Crippen molar-refractivity contribution in [3.05, 3.63) is 0 Å².